The number of aryl methyl sites for hydroxylation is 2. The van der Waals surface area contributed by atoms with Crippen molar-refractivity contribution >= 4 is 11.0 Å². The second-order valence-corrected chi connectivity index (χ2v) is 5.35. The smallest absolute Gasteiger partial charge is 0.0958 e. The van der Waals surface area contributed by atoms with Crippen LogP contribution in [-0.4, -0.2) is 9.55 Å². The van der Waals surface area contributed by atoms with Crippen molar-refractivity contribution in [2.24, 2.45) is 5.73 Å². The third-order valence-electron chi connectivity index (χ3n) is 3.75. The molecule has 1 atom stereocenters. The lowest BCUT2D eigenvalue weighted by molar-refractivity contribution is 0.586. The summed E-state index contributed by atoms with van der Waals surface area (Å²) in [4.78, 5) is 4.41. The molecule has 0 spiro atoms. The van der Waals surface area contributed by atoms with Gasteiger partial charge in [-0.3, -0.25) is 0 Å². The Hall–Kier alpha value is -2.13. The quantitative estimate of drug-likeness (QED) is 0.789. The van der Waals surface area contributed by atoms with Gasteiger partial charge in [0.15, 0.2) is 0 Å². The first-order chi connectivity index (χ1) is 9.65. The highest BCUT2D eigenvalue weighted by Crippen LogP contribution is 2.21. The highest BCUT2D eigenvalue weighted by atomic mass is 15.1. The highest BCUT2D eigenvalue weighted by molar-refractivity contribution is 5.74. The molecule has 1 heterocycles. The van der Waals surface area contributed by atoms with E-state index >= 15 is 0 Å². The number of hydrogen-bond donors (Lipinski definition) is 1. The van der Waals surface area contributed by atoms with Gasteiger partial charge in [0.05, 0.1) is 17.4 Å². The molecule has 20 heavy (non-hydrogen) atoms. The van der Waals surface area contributed by atoms with Crippen molar-refractivity contribution in [3.8, 4) is 0 Å². The Morgan fingerprint density at radius 2 is 1.95 bits per heavy atom. The van der Waals surface area contributed by atoms with Crippen LogP contribution in [0, 0.1) is 13.8 Å². The van der Waals surface area contributed by atoms with Crippen molar-refractivity contribution < 1.29 is 0 Å². The lowest BCUT2D eigenvalue weighted by atomic mass is 9.99. The number of aromatic nitrogens is 2. The molecule has 0 bridgehead atoms. The Balaban J connectivity index is 1.92. The Morgan fingerprint density at radius 1 is 1.15 bits per heavy atom. The summed E-state index contributed by atoms with van der Waals surface area (Å²) >= 11 is 0. The molecule has 2 N–H and O–H groups in total. The molecule has 0 fully saturated rings. The Bertz CT molecular complexity index is 743. The van der Waals surface area contributed by atoms with Crippen LogP contribution in [0.1, 0.15) is 22.7 Å². The van der Waals surface area contributed by atoms with Crippen LogP contribution in [0.2, 0.25) is 0 Å². The number of rotatable bonds is 3. The summed E-state index contributed by atoms with van der Waals surface area (Å²) in [5.41, 5.74) is 12.2. The van der Waals surface area contributed by atoms with Gasteiger partial charge in [0.1, 0.15) is 0 Å². The summed E-state index contributed by atoms with van der Waals surface area (Å²) in [6.45, 7) is 4.95. The minimum atomic E-state index is -0.0208. The van der Waals surface area contributed by atoms with E-state index in [4.69, 9.17) is 5.73 Å². The van der Waals surface area contributed by atoms with Gasteiger partial charge >= 0.3 is 0 Å². The highest BCUT2D eigenvalue weighted by Gasteiger charge is 2.11. The van der Waals surface area contributed by atoms with E-state index < -0.39 is 0 Å². The molecule has 3 heteroatoms. The fraction of sp³-hybridized carbons (Fsp3) is 0.235. The van der Waals surface area contributed by atoms with Crippen molar-refractivity contribution in [3.05, 3.63) is 65.5 Å². The third-order valence-corrected chi connectivity index (χ3v) is 3.75. The van der Waals surface area contributed by atoms with Crippen molar-refractivity contribution in [1.82, 2.24) is 9.55 Å². The van der Waals surface area contributed by atoms with Gasteiger partial charge in [0, 0.05) is 12.6 Å². The molecule has 1 aromatic heterocycles. The number of hydrogen-bond acceptors (Lipinski definition) is 2. The van der Waals surface area contributed by atoms with E-state index in [1.807, 2.05) is 24.5 Å². The molecule has 0 aliphatic rings. The fourth-order valence-corrected chi connectivity index (χ4v) is 2.63. The number of benzene rings is 2. The average Bonchev–Trinajstić information content (AvgIpc) is 2.85. The molecular weight excluding hydrogens is 246 g/mol. The Kier molecular flexibility index (Phi) is 3.28. The zero-order chi connectivity index (χ0) is 14.1. The normalized spacial score (nSPS) is 12.8. The van der Waals surface area contributed by atoms with E-state index in [1.165, 1.54) is 16.7 Å². The summed E-state index contributed by atoms with van der Waals surface area (Å²) in [6, 6.07) is 14.6. The van der Waals surface area contributed by atoms with E-state index in [0.717, 1.165) is 17.6 Å². The summed E-state index contributed by atoms with van der Waals surface area (Å²) in [7, 11) is 0. The molecule has 0 aliphatic heterocycles. The minimum Gasteiger partial charge on any atom is -0.329 e. The maximum atomic E-state index is 6.40. The molecule has 1 unspecified atom stereocenters. The van der Waals surface area contributed by atoms with E-state index in [2.05, 4.69) is 47.7 Å². The first-order valence-electron chi connectivity index (χ1n) is 6.88. The predicted octanol–water partition coefficient (Wildman–Crippen LogP) is 3.35. The maximum Gasteiger partial charge on any atom is 0.0958 e. The van der Waals surface area contributed by atoms with Crippen LogP contribution in [0.25, 0.3) is 11.0 Å². The minimum absolute atomic E-state index is 0.0208. The first-order valence-corrected chi connectivity index (χ1v) is 6.88. The molecular formula is C17H19N3. The first kappa shape index (κ1) is 12.9. The predicted molar refractivity (Wildman–Crippen MR) is 82.6 cm³/mol. The van der Waals surface area contributed by atoms with Gasteiger partial charge in [-0.1, -0.05) is 35.9 Å². The van der Waals surface area contributed by atoms with Crippen LogP contribution >= 0.6 is 0 Å². The van der Waals surface area contributed by atoms with Crippen molar-refractivity contribution in [2.45, 2.75) is 26.4 Å². The molecule has 0 radical (unpaired) electrons. The number of nitrogens with zero attached hydrogens (tertiary/aromatic N) is 2. The van der Waals surface area contributed by atoms with Crippen LogP contribution in [0.3, 0.4) is 0 Å². The summed E-state index contributed by atoms with van der Waals surface area (Å²) in [5, 5.41) is 0. The topological polar surface area (TPSA) is 43.8 Å². The fourth-order valence-electron chi connectivity index (χ4n) is 2.63. The van der Waals surface area contributed by atoms with Crippen LogP contribution < -0.4 is 5.73 Å². The molecule has 0 saturated carbocycles. The summed E-state index contributed by atoms with van der Waals surface area (Å²) in [5.74, 6) is 0. The van der Waals surface area contributed by atoms with Gasteiger partial charge in [0.2, 0.25) is 0 Å². The summed E-state index contributed by atoms with van der Waals surface area (Å²) in [6.07, 6.45) is 1.87. The Labute approximate surface area is 119 Å². The molecule has 3 nitrogen and oxygen atoms in total. The number of fused-ring (bicyclic) bond motifs is 1. The molecule has 0 saturated heterocycles. The maximum absolute atomic E-state index is 6.40. The van der Waals surface area contributed by atoms with E-state index in [0.29, 0.717) is 0 Å². The third kappa shape index (κ3) is 2.32. The second-order valence-electron chi connectivity index (χ2n) is 5.35. The van der Waals surface area contributed by atoms with Gasteiger partial charge in [-0.05, 0) is 37.1 Å². The van der Waals surface area contributed by atoms with Gasteiger partial charge in [-0.25, -0.2) is 4.98 Å². The SMILES string of the molecule is Cc1ccc(C)c(C(N)Cn2cnc3ccccc32)c1. The molecule has 3 aromatic rings. The molecule has 0 aliphatic carbocycles. The standard InChI is InChI=1S/C17H19N3/c1-12-7-8-13(2)14(9-12)15(18)10-20-11-19-16-5-3-4-6-17(16)20/h3-9,11,15H,10,18H2,1-2H3. The lowest BCUT2D eigenvalue weighted by Crippen LogP contribution is -2.18. The van der Waals surface area contributed by atoms with Crippen LogP contribution in [0.15, 0.2) is 48.8 Å². The van der Waals surface area contributed by atoms with Gasteiger partial charge < -0.3 is 10.3 Å². The molecule has 0 amide bonds. The lowest BCUT2D eigenvalue weighted by Gasteiger charge is -2.16. The number of imidazole rings is 1. The average molecular weight is 265 g/mol. The van der Waals surface area contributed by atoms with E-state index in [9.17, 15) is 0 Å². The monoisotopic (exact) mass is 265 g/mol. The van der Waals surface area contributed by atoms with E-state index in [-0.39, 0.29) is 6.04 Å². The van der Waals surface area contributed by atoms with Crippen LogP contribution in [0.4, 0.5) is 0 Å². The van der Waals surface area contributed by atoms with Gasteiger partial charge in [0.25, 0.3) is 0 Å². The number of nitrogens with two attached hydrogens (primary N) is 1. The van der Waals surface area contributed by atoms with Gasteiger partial charge in [-0.2, -0.15) is 0 Å². The Morgan fingerprint density at radius 3 is 2.80 bits per heavy atom. The number of para-hydroxylation sites is 2. The second kappa shape index (κ2) is 5.10. The summed E-state index contributed by atoms with van der Waals surface area (Å²) < 4.78 is 2.13. The van der Waals surface area contributed by atoms with E-state index in [1.54, 1.807) is 0 Å². The van der Waals surface area contributed by atoms with Crippen molar-refractivity contribution in [3.63, 3.8) is 0 Å². The molecule has 102 valence electrons. The van der Waals surface area contributed by atoms with Crippen LogP contribution in [-0.2, 0) is 6.54 Å². The molecule has 3 rings (SSSR count). The zero-order valence-corrected chi connectivity index (χ0v) is 11.9. The van der Waals surface area contributed by atoms with Crippen molar-refractivity contribution in [2.75, 3.05) is 0 Å². The van der Waals surface area contributed by atoms with Gasteiger partial charge in [-0.15, -0.1) is 0 Å². The van der Waals surface area contributed by atoms with Crippen LogP contribution in [0.5, 0.6) is 0 Å². The largest absolute Gasteiger partial charge is 0.329 e. The van der Waals surface area contributed by atoms with Crippen molar-refractivity contribution in [1.29, 1.82) is 0 Å². The molecule has 2 aromatic carbocycles. The zero-order valence-electron chi connectivity index (χ0n) is 11.9.